The summed E-state index contributed by atoms with van der Waals surface area (Å²) >= 11 is 0. The van der Waals surface area contributed by atoms with Crippen molar-refractivity contribution in [3.63, 3.8) is 0 Å². The van der Waals surface area contributed by atoms with Crippen molar-refractivity contribution < 1.29 is 14.3 Å². The summed E-state index contributed by atoms with van der Waals surface area (Å²) in [4.78, 5) is 19.6. The molecule has 0 aliphatic heterocycles. The van der Waals surface area contributed by atoms with Crippen molar-refractivity contribution >= 4 is 227 Å². The van der Waals surface area contributed by atoms with Crippen LogP contribution in [-0.4, -0.2) is 227 Å². The van der Waals surface area contributed by atoms with Crippen molar-refractivity contribution in [2.24, 2.45) is 0 Å². The second-order valence-corrected chi connectivity index (χ2v) is 1.09. The van der Waals surface area contributed by atoms with Crippen LogP contribution < -0.4 is 0 Å². The van der Waals surface area contributed by atoms with Gasteiger partial charge in [-0.15, -0.1) is 0 Å². The summed E-state index contributed by atoms with van der Waals surface area (Å²) in [7, 11) is 0. The van der Waals surface area contributed by atoms with Gasteiger partial charge in [-0.1, -0.05) is 0 Å². The zero-order chi connectivity index (χ0) is 5.86. The molecule has 0 amide bonds. The Morgan fingerprint density at radius 1 is 0.846 bits per heavy atom. The predicted molar refractivity (Wildman–Crippen MR) is 68.1 cm³/mol. The molecule has 0 aromatic rings. The number of hydrogen-bond donors (Lipinski definition) is 0. The predicted octanol–water partition coefficient (Wildman–Crippen LogP) is -4.33. The van der Waals surface area contributed by atoms with Gasteiger partial charge in [0.05, 0.1) is 0 Å². The van der Waals surface area contributed by atoms with Gasteiger partial charge < -0.3 is 4.74 Å². The van der Waals surface area contributed by atoms with Gasteiger partial charge in [0, 0.05) is 13.8 Å². The Morgan fingerprint density at radius 3 is 1.00 bits per heavy atom. The van der Waals surface area contributed by atoms with Crippen LogP contribution in [-0.2, 0) is 14.3 Å². The first-order valence-electron chi connectivity index (χ1n) is 1.82. The van der Waals surface area contributed by atoms with Crippen molar-refractivity contribution in [3.05, 3.63) is 0 Å². The summed E-state index contributed by atoms with van der Waals surface area (Å²) in [5, 5.41) is 0. The quantitative estimate of drug-likeness (QED) is 0.258. The Morgan fingerprint density at radius 2 is 1.00 bits per heavy atom. The van der Waals surface area contributed by atoms with Crippen LogP contribution in [0.15, 0.2) is 0 Å². The summed E-state index contributed by atoms with van der Waals surface area (Å²) in [6.07, 6.45) is 0. The van der Waals surface area contributed by atoms with Crippen molar-refractivity contribution in [3.8, 4) is 0 Å². The first-order valence-corrected chi connectivity index (χ1v) is 1.82. The molecular formula is C4H14Ca2KNa3O3. The molecule has 0 N–H and O–H groups in total. The van der Waals surface area contributed by atoms with Crippen molar-refractivity contribution in [1.82, 2.24) is 0 Å². The van der Waals surface area contributed by atoms with Gasteiger partial charge in [-0.25, -0.2) is 0 Å². The number of ether oxygens (including phenoxy) is 1. The summed E-state index contributed by atoms with van der Waals surface area (Å²) < 4.78 is 3.97. The first-order chi connectivity index (χ1) is 3.13. The molecule has 0 aromatic carbocycles. The van der Waals surface area contributed by atoms with Crippen LogP contribution >= 0.6 is 0 Å². The fourth-order valence-electron chi connectivity index (χ4n) is 0.202. The van der Waals surface area contributed by atoms with Crippen LogP contribution in [0.4, 0.5) is 0 Å². The van der Waals surface area contributed by atoms with Crippen molar-refractivity contribution in [1.29, 1.82) is 0 Å². The molecule has 0 saturated heterocycles. The maximum atomic E-state index is 9.81. The molecule has 9 heteroatoms. The average Bonchev–Trinajstić information content (AvgIpc) is 1.27. The zero-order valence-corrected chi connectivity index (χ0v) is 4.22. The third-order valence-corrected chi connectivity index (χ3v) is 0.287. The molecule has 0 radical (unpaired) electrons. The standard InChI is InChI=1S/C4H6O3.2Ca.K.3Na.8H/c1-3(5)7-4(2)6;;;;;;;;;;;;;;/h1-2H3;;;;;;;;;;;;;;. The van der Waals surface area contributed by atoms with E-state index in [0.29, 0.717) is 0 Å². The zero-order valence-electron chi connectivity index (χ0n) is 4.22. The van der Waals surface area contributed by atoms with Crippen molar-refractivity contribution in [2.75, 3.05) is 0 Å². The molecule has 0 saturated carbocycles. The van der Waals surface area contributed by atoms with Gasteiger partial charge in [-0.2, -0.15) is 0 Å². The van der Waals surface area contributed by atoms with Gasteiger partial charge in [0.1, 0.15) is 0 Å². The molecule has 0 unspecified atom stereocenters. The maximum absolute atomic E-state index is 9.81. The Hall–Kier alpha value is 6.30. The van der Waals surface area contributed by atoms with E-state index >= 15 is 0 Å². The fourth-order valence-corrected chi connectivity index (χ4v) is 0.202. The number of carbonyl (C=O) groups is 2. The van der Waals surface area contributed by atoms with Crippen LogP contribution in [0.25, 0.3) is 0 Å². The van der Waals surface area contributed by atoms with Gasteiger partial charge in [-0.3, -0.25) is 9.59 Å². The minimum atomic E-state index is -0.562. The minimum absolute atomic E-state index is 0. The Labute approximate surface area is 248 Å². The van der Waals surface area contributed by atoms with E-state index in [1.807, 2.05) is 0 Å². The molecular weight excluding hydrogens is 284 g/mol. The Bertz CT molecular complexity index is 105. The summed E-state index contributed by atoms with van der Waals surface area (Å²) in [6.45, 7) is 2.36. The van der Waals surface area contributed by atoms with E-state index in [1.165, 1.54) is 13.8 Å². The molecule has 0 fully saturated rings. The second-order valence-electron chi connectivity index (χ2n) is 1.09. The molecule has 3 nitrogen and oxygen atoms in total. The number of esters is 2. The molecule has 0 rings (SSSR count). The molecule has 0 atom stereocenters. The fraction of sp³-hybridized carbons (Fsp3) is 0.500. The Balaban J connectivity index is -0.0000000120. The van der Waals surface area contributed by atoms with Crippen LogP contribution in [0.1, 0.15) is 13.8 Å². The van der Waals surface area contributed by atoms with Gasteiger partial charge in [-0.05, 0) is 0 Å². The molecule has 0 aromatic heterocycles. The topological polar surface area (TPSA) is 43.4 Å². The van der Waals surface area contributed by atoms with Crippen molar-refractivity contribution in [2.45, 2.75) is 13.8 Å². The average molecular weight is 298 g/mol. The van der Waals surface area contributed by atoms with Gasteiger partial charge in [0.15, 0.2) is 0 Å². The monoisotopic (exact) mass is 298 g/mol. The second kappa shape index (κ2) is 31.0. The molecule has 0 heterocycles. The molecule has 56 valence electrons. The molecule has 0 spiro atoms. The van der Waals surface area contributed by atoms with E-state index in [4.69, 9.17) is 0 Å². The molecule has 0 aliphatic carbocycles. The molecule has 13 heavy (non-hydrogen) atoms. The SMILES string of the molecule is CC(=O)OC(C)=O.[CaH2].[CaH2].[KH].[NaH].[NaH].[NaH]. The van der Waals surface area contributed by atoms with Gasteiger partial charge >= 0.3 is 227 Å². The number of carbonyl (C=O) groups excluding carboxylic acids is 2. The van der Waals surface area contributed by atoms with E-state index in [2.05, 4.69) is 4.74 Å². The molecule has 0 bridgehead atoms. The summed E-state index contributed by atoms with van der Waals surface area (Å²) in [5.41, 5.74) is 0. The number of rotatable bonds is 0. The number of hydrogen-bond acceptors (Lipinski definition) is 3. The summed E-state index contributed by atoms with van der Waals surface area (Å²) in [6, 6.07) is 0. The van der Waals surface area contributed by atoms with E-state index in [-0.39, 0.29) is 216 Å². The van der Waals surface area contributed by atoms with E-state index in [0.717, 1.165) is 0 Å². The van der Waals surface area contributed by atoms with E-state index in [9.17, 15) is 9.59 Å². The van der Waals surface area contributed by atoms with E-state index < -0.39 is 11.9 Å². The first kappa shape index (κ1) is 42.7. The third kappa shape index (κ3) is 45.8. The van der Waals surface area contributed by atoms with Gasteiger partial charge in [0.2, 0.25) is 0 Å². The molecule has 0 aliphatic rings. The summed E-state index contributed by atoms with van der Waals surface area (Å²) in [5.74, 6) is -1.12. The van der Waals surface area contributed by atoms with Crippen LogP contribution in [0.3, 0.4) is 0 Å². The van der Waals surface area contributed by atoms with Crippen LogP contribution in [0, 0.1) is 0 Å². The third-order valence-electron chi connectivity index (χ3n) is 0.287. The normalized spacial score (nSPS) is 4.15. The van der Waals surface area contributed by atoms with Crippen LogP contribution in [0.2, 0.25) is 0 Å². The van der Waals surface area contributed by atoms with Crippen LogP contribution in [0.5, 0.6) is 0 Å². The Kier molecular flexibility index (Phi) is 102. The van der Waals surface area contributed by atoms with Gasteiger partial charge in [0.25, 0.3) is 0 Å². The van der Waals surface area contributed by atoms with E-state index in [1.54, 1.807) is 0 Å².